The molecule has 0 amide bonds. The van der Waals surface area contributed by atoms with Crippen LogP contribution in [0, 0.1) is 0 Å². The zero-order valence-electron chi connectivity index (χ0n) is 14.3. The summed E-state index contributed by atoms with van der Waals surface area (Å²) < 4.78 is 29.7. The molecule has 1 atom stereocenters. The molecule has 1 unspecified atom stereocenters. The largest absolute Gasteiger partial charge is 0.349 e. The van der Waals surface area contributed by atoms with E-state index in [2.05, 4.69) is 4.98 Å². The molecule has 0 N–H and O–H groups in total. The lowest BCUT2D eigenvalue weighted by molar-refractivity contribution is -0.115. The molecule has 0 radical (unpaired) electrons. The lowest BCUT2D eigenvalue weighted by Crippen LogP contribution is -2.45. The molecule has 1 aliphatic rings. The van der Waals surface area contributed by atoms with Gasteiger partial charge in [0.1, 0.15) is 0 Å². The van der Waals surface area contributed by atoms with Gasteiger partial charge in [-0.3, -0.25) is 4.79 Å². The molecular formula is C17H20N2O4S2. The number of sulfone groups is 1. The fourth-order valence-electron chi connectivity index (χ4n) is 2.77. The molecule has 0 bridgehead atoms. The minimum Gasteiger partial charge on any atom is -0.349 e. The van der Waals surface area contributed by atoms with Gasteiger partial charge >= 0.3 is 0 Å². The normalized spacial score (nSPS) is 20.0. The molecule has 6 nitrogen and oxygen atoms in total. The van der Waals surface area contributed by atoms with Gasteiger partial charge in [-0.05, 0) is 26.0 Å². The van der Waals surface area contributed by atoms with Crippen LogP contribution < -0.4 is 4.90 Å². The predicted octanol–water partition coefficient (Wildman–Crippen LogP) is 2.74. The Balaban J connectivity index is 1.97. The Morgan fingerprint density at radius 2 is 2.20 bits per heavy atom. The summed E-state index contributed by atoms with van der Waals surface area (Å²) in [4.78, 5) is 18.1. The first-order valence-corrected chi connectivity index (χ1v) is 10.5. The summed E-state index contributed by atoms with van der Waals surface area (Å²) in [6.45, 7) is 6.05. The summed E-state index contributed by atoms with van der Waals surface area (Å²) in [7, 11) is -3.27. The number of rotatable bonds is 5. The first-order chi connectivity index (χ1) is 11.8. The number of carbonyl (C=O) groups excluding carboxylic acids is 1. The number of aldehydes is 1. The van der Waals surface area contributed by atoms with E-state index in [0.717, 1.165) is 11.8 Å². The zero-order chi connectivity index (χ0) is 18.2. The van der Waals surface area contributed by atoms with Crippen molar-refractivity contribution in [2.75, 3.05) is 17.3 Å². The monoisotopic (exact) mass is 380 g/mol. The van der Waals surface area contributed by atoms with E-state index >= 15 is 0 Å². The van der Waals surface area contributed by atoms with Crippen molar-refractivity contribution in [3.05, 3.63) is 29.6 Å². The van der Waals surface area contributed by atoms with Crippen molar-refractivity contribution in [1.29, 1.82) is 0 Å². The topological polar surface area (TPSA) is 76.6 Å². The van der Waals surface area contributed by atoms with Crippen LogP contribution in [0.15, 0.2) is 34.5 Å². The number of hydrogen-bond donors (Lipinski definition) is 0. The highest BCUT2D eigenvalue weighted by Crippen LogP contribution is 2.36. The van der Waals surface area contributed by atoms with Crippen molar-refractivity contribution in [3.63, 3.8) is 0 Å². The van der Waals surface area contributed by atoms with Gasteiger partial charge in [0, 0.05) is 10.9 Å². The van der Waals surface area contributed by atoms with Crippen LogP contribution in [0.2, 0.25) is 0 Å². The SMILES string of the molecule is CCS(=O)(=O)c1cccc(-c2csc(N3C(C=O)OCC3(C)C)n2)c1. The molecule has 25 heavy (non-hydrogen) atoms. The van der Waals surface area contributed by atoms with Gasteiger partial charge in [-0.15, -0.1) is 11.3 Å². The molecule has 0 saturated carbocycles. The van der Waals surface area contributed by atoms with Gasteiger partial charge < -0.3 is 9.64 Å². The van der Waals surface area contributed by atoms with Gasteiger partial charge in [-0.25, -0.2) is 13.4 Å². The zero-order valence-corrected chi connectivity index (χ0v) is 15.9. The van der Waals surface area contributed by atoms with Crippen LogP contribution >= 0.6 is 11.3 Å². The molecule has 1 aromatic carbocycles. The first kappa shape index (κ1) is 18.0. The number of hydrogen-bond acceptors (Lipinski definition) is 7. The average molecular weight is 380 g/mol. The summed E-state index contributed by atoms with van der Waals surface area (Å²) in [5.74, 6) is 0.0547. The van der Waals surface area contributed by atoms with Crippen molar-refractivity contribution < 1.29 is 17.9 Å². The molecule has 1 saturated heterocycles. The van der Waals surface area contributed by atoms with Crippen LogP contribution in [0.3, 0.4) is 0 Å². The van der Waals surface area contributed by atoms with Gasteiger partial charge in [-0.2, -0.15) is 0 Å². The van der Waals surface area contributed by atoms with E-state index in [4.69, 9.17) is 4.74 Å². The van der Waals surface area contributed by atoms with E-state index in [9.17, 15) is 13.2 Å². The third-order valence-electron chi connectivity index (χ3n) is 4.20. The van der Waals surface area contributed by atoms with E-state index in [1.165, 1.54) is 11.3 Å². The second-order valence-corrected chi connectivity index (χ2v) is 9.58. The highest BCUT2D eigenvalue weighted by molar-refractivity contribution is 7.91. The summed E-state index contributed by atoms with van der Waals surface area (Å²) in [6.07, 6.45) is 0.116. The molecule has 0 aliphatic carbocycles. The molecule has 3 rings (SSSR count). The molecule has 1 fully saturated rings. The Kier molecular flexibility index (Phi) is 4.70. The number of ether oxygens (including phenoxy) is 1. The number of benzene rings is 1. The fourth-order valence-corrected chi connectivity index (χ4v) is 4.72. The maximum atomic E-state index is 12.1. The van der Waals surface area contributed by atoms with E-state index in [-0.39, 0.29) is 16.2 Å². The highest BCUT2D eigenvalue weighted by Gasteiger charge is 2.42. The Labute approximate surface area is 151 Å². The van der Waals surface area contributed by atoms with Crippen LogP contribution in [0.25, 0.3) is 11.3 Å². The fraction of sp³-hybridized carbons (Fsp3) is 0.412. The van der Waals surface area contributed by atoms with Crippen LogP contribution in [0.4, 0.5) is 5.13 Å². The van der Waals surface area contributed by atoms with E-state index in [1.807, 2.05) is 30.2 Å². The van der Waals surface area contributed by atoms with Crippen LogP contribution in [-0.4, -0.2) is 43.8 Å². The summed E-state index contributed by atoms with van der Waals surface area (Å²) in [5.41, 5.74) is 1.08. The molecule has 8 heteroatoms. The van der Waals surface area contributed by atoms with Gasteiger partial charge in [0.25, 0.3) is 0 Å². The number of thiazole rings is 1. The number of aromatic nitrogens is 1. The summed E-state index contributed by atoms with van der Waals surface area (Å²) >= 11 is 1.41. The minimum absolute atomic E-state index is 0.0547. The van der Waals surface area contributed by atoms with Gasteiger partial charge in [0.15, 0.2) is 27.5 Å². The third-order valence-corrected chi connectivity index (χ3v) is 6.77. The lowest BCUT2D eigenvalue weighted by atomic mass is 10.1. The van der Waals surface area contributed by atoms with Crippen molar-refractivity contribution >= 4 is 32.6 Å². The number of anilines is 1. The van der Waals surface area contributed by atoms with Crippen LogP contribution in [0.1, 0.15) is 20.8 Å². The maximum Gasteiger partial charge on any atom is 0.189 e. The molecule has 1 aromatic heterocycles. The van der Waals surface area contributed by atoms with Gasteiger partial charge in [0.2, 0.25) is 0 Å². The van der Waals surface area contributed by atoms with Crippen LogP contribution in [-0.2, 0) is 19.4 Å². The highest BCUT2D eigenvalue weighted by atomic mass is 32.2. The van der Waals surface area contributed by atoms with Crippen LogP contribution in [0.5, 0.6) is 0 Å². The second kappa shape index (κ2) is 6.51. The van der Waals surface area contributed by atoms with Gasteiger partial charge in [-0.1, -0.05) is 19.1 Å². The van der Waals surface area contributed by atoms with Crippen molar-refractivity contribution in [3.8, 4) is 11.3 Å². The smallest absolute Gasteiger partial charge is 0.189 e. The quantitative estimate of drug-likeness (QED) is 0.743. The second-order valence-electron chi connectivity index (χ2n) is 6.47. The first-order valence-electron chi connectivity index (χ1n) is 7.93. The molecule has 0 spiro atoms. The number of nitrogens with zero attached hydrogens (tertiary/aromatic N) is 2. The van der Waals surface area contributed by atoms with Crippen molar-refractivity contribution in [1.82, 2.24) is 4.98 Å². The summed E-state index contributed by atoms with van der Waals surface area (Å²) in [5, 5.41) is 2.54. The Bertz CT molecular complexity index is 890. The number of carbonyl (C=O) groups is 1. The Morgan fingerprint density at radius 1 is 1.44 bits per heavy atom. The summed E-state index contributed by atoms with van der Waals surface area (Å²) in [6, 6.07) is 6.78. The Hall–Kier alpha value is -1.77. The maximum absolute atomic E-state index is 12.1. The minimum atomic E-state index is -3.27. The molecule has 1 aliphatic heterocycles. The van der Waals surface area contributed by atoms with Crippen molar-refractivity contribution in [2.45, 2.75) is 37.4 Å². The Morgan fingerprint density at radius 3 is 2.88 bits per heavy atom. The van der Waals surface area contributed by atoms with E-state index in [1.54, 1.807) is 25.1 Å². The van der Waals surface area contributed by atoms with E-state index < -0.39 is 16.1 Å². The van der Waals surface area contributed by atoms with Gasteiger partial charge in [0.05, 0.1) is 28.5 Å². The molecular weight excluding hydrogens is 360 g/mol. The van der Waals surface area contributed by atoms with Crippen molar-refractivity contribution in [2.24, 2.45) is 0 Å². The molecule has 2 aromatic rings. The molecule has 134 valence electrons. The average Bonchev–Trinajstić information content (AvgIpc) is 3.18. The standard InChI is InChI=1S/C17H20N2O4S2/c1-4-25(21,22)13-7-5-6-12(8-13)14-10-24-16(18-14)19-15(9-20)23-11-17(19,2)3/h5-10,15H,4,11H2,1-3H3. The van der Waals surface area contributed by atoms with E-state index in [0.29, 0.717) is 17.4 Å². The predicted molar refractivity (Wildman–Crippen MR) is 97.6 cm³/mol. The molecule has 2 heterocycles. The third kappa shape index (κ3) is 3.33. The lowest BCUT2D eigenvalue weighted by Gasteiger charge is -2.30.